The molecule has 1 unspecified atom stereocenters. The summed E-state index contributed by atoms with van der Waals surface area (Å²) in [5.41, 5.74) is 0. The van der Waals surface area contributed by atoms with Crippen molar-refractivity contribution < 1.29 is 22.7 Å². The van der Waals surface area contributed by atoms with Crippen molar-refractivity contribution in [3.8, 4) is 0 Å². The molecule has 0 fully saturated rings. The van der Waals surface area contributed by atoms with E-state index in [1.54, 1.807) is 6.92 Å². The minimum Gasteiger partial charge on any atom is -0.440 e. The Bertz CT molecular complexity index is 463. The van der Waals surface area contributed by atoms with Crippen molar-refractivity contribution in [1.29, 1.82) is 0 Å². The topological polar surface area (TPSA) is 96.6 Å². The second-order valence-corrected chi connectivity index (χ2v) is 5.36. The summed E-state index contributed by atoms with van der Waals surface area (Å²) in [6.07, 6.45) is 1.02. The van der Waals surface area contributed by atoms with Crippen LogP contribution in [0.4, 0.5) is 0 Å². The first-order valence-corrected chi connectivity index (χ1v) is 6.67. The third kappa shape index (κ3) is 4.29. The van der Waals surface area contributed by atoms with E-state index in [0.29, 0.717) is 19.1 Å². The molecule has 2 N–H and O–H groups in total. The van der Waals surface area contributed by atoms with E-state index in [1.165, 1.54) is 12.1 Å². The van der Waals surface area contributed by atoms with Crippen molar-refractivity contribution in [2.45, 2.75) is 31.0 Å². The summed E-state index contributed by atoms with van der Waals surface area (Å²) < 4.78 is 30.4. The van der Waals surface area contributed by atoms with E-state index in [-0.39, 0.29) is 17.4 Å². The Balaban J connectivity index is 2.54. The van der Waals surface area contributed by atoms with E-state index in [2.05, 4.69) is 4.72 Å². The van der Waals surface area contributed by atoms with Gasteiger partial charge in [0.05, 0.1) is 6.10 Å². The Morgan fingerprint density at radius 2 is 2.24 bits per heavy atom. The number of sulfonamides is 1. The molecule has 1 rings (SSSR count). The van der Waals surface area contributed by atoms with Crippen molar-refractivity contribution >= 4 is 16.3 Å². The summed E-state index contributed by atoms with van der Waals surface area (Å²) in [5.74, 6) is -0.0330. The molecule has 0 saturated heterocycles. The highest BCUT2D eigenvalue weighted by Gasteiger charge is 2.17. The molecule has 6 nitrogen and oxygen atoms in total. The lowest BCUT2D eigenvalue weighted by molar-refractivity contribution is 0.109. The van der Waals surface area contributed by atoms with Gasteiger partial charge in [0.2, 0.25) is 5.09 Å². The van der Waals surface area contributed by atoms with Crippen molar-refractivity contribution in [3.63, 3.8) is 0 Å². The molecule has 1 heterocycles. The van der Waals surface area contributed by atoms with E-state index in [4.69, 9.17) is 9.52 Å². The number of aliphatic hydroxyl groups is 1. The summed E-state index contributed by atoms with van der Waals surface area (Å²) in [6.45, 7) is 1.85. The van der Waals surface area contributed by atoms with Gasteiger partial charge in [0.1, 0.15) is 0 Å². The molecule has 1 aromatic heterocycles. The molecule has 0 aliphatic rings. The minimum absolute atomic E-state index is 0.0330. The van der Waals surface area contributed by atoms with Gasteiger partial charge in [0.25, 0.3) is 10.0 Å². The van der Waals surface area contributed by atoms with Crippen LogP contribution in [0.5, 0.6) is 0 Å². The number of hydrogen-bond donors (Lipinski definition) is 2. The normalized spacial score (nSPS) is 13.5. The van der Waals surface area contributed by atoms with Crippen LogP contribution in [0.3, 0.4) is 0 Å². The average molecular weight is 261 g/mol. The third-order valence-corrected chi connectivity index (χ3v) is 3.41. The van der Waals surface area contributed by atoms with E-state index in [9.17, 15) is 13.2 Å². The van der Waals surface area contributed by atoms with Crippen LogP contribution in [0.2, 0.25) is 0 Å². The predicted molar refractivity (Wildman–Crippen MR) is 60.2 cm³/mol. The molecule has 96 valence electrons. The highest BCUT2D eigenvalue weighted by atomic mass is 32.2. The number of aldehydes is 1. The van der Waals surface area contributed by atoms with Crippen LogP contribution >= 0.6 is 0 Å². The smallest absolute Gasteiger partial charge is 0.273 e. The highest BCUT2D eigenvalue weighted by molar-refractivity contribution is 7.89. The molecule has 0 amide bonds. The first-order chi connectivity index (χ1) is 7.95. The van der Waals surface area contributed by atoms with Gasteiger partial charge in [-0.15, -0.1) is 0 Å². The van der Waals surface area contributed by atoms with Gasteiger partial charge in [-0.25, -0.2) is 13.1 Å². The molecular weight excluding hydrogens is 246 g/mol. The first kappa shape index (κ1) is 13.9. The first-order valence-electron chi connectivity index (χ1n) is 5.18. The van der Waals surface area contributed by atoms with Crippen molar-refractivity contribution in [3.05, 3.63) is 17.9 Å². The fourth-order valence-electron chi connectivity index (χ4n) is 1.22. The minimum atomic E-state index is -3.70. The number of hydrogen-bond acceptors (Lipinski definition) is 5. The quantitative estimate of drug-likeness (QED) is 0.551. The lowest BCUT2D eigenvalue weighted by atomic mass is 10.2. The SMILES string of the molecule is CC(O)CCCNS(=O)(=O)c1ccc(C=O)o1. The monoisotopic (exact) mass is 261 g/mol. The Morgan fingerprint density at radius 3 is 2.76 bits per heavy atom. The molecule has 0 radical (unpaired) electrons. The Hall–Kier alpha value is -1.18. The highest BCUT2D eigenvalue weighted by Crippen LogP contribution is 2.12. The Kier molecular flexibility index (Phi) is 4.86. The molecule has 0 aromatic carbocycles. The zero-order valence-corrected chi connectivity index (χ0v) is 10.2. The summed E-state index contributed by atoms with van der Waals surface area (Å²) in [7, 11) is -3.70. The van der Waals surface area contributed by atoms with Gasteiger partial charge in [-0.3, -0.25) is 4.79 Å². The number of carbonyl (C=O) groups excluding carboxylic acids is 1. The van der Waals surface area contributed by atoms with Crippen LogP contribution in [-0.4, -0.2) is 32.5 Å². The number of furan rings is 1. The van der Waals surface area contributed by atoms with Gasteiger partial charge in [-0.2, -0.15) is 0 Å². The molecule has 7 heteroatoms. The maximum atomic E-state index is 11.6. The number of carbonyl (C=O) groups is 1. The van der Waals surface area contributed by atoms with Crippen LogP contribution in [0.25, 0.3) is 0 Å². The van der Waals surface area contributed by atoms with Gasteiger partial charge in [0, 0.05) is 6.54 Å². The van der Waals surface area contributed by atoms with Crippen LogP contribution in [-0.2, 0) is 10.0 Å². The van der Waals surface area contributed by atoms with Crippen LogP contribution in [0.1, 0.15) is 30.3 Å². The molecule has 0 aliphatic heterocycles. The standard InChI is InChI=1S/C10H15NO5S/c1-8(13)3-2-6-11-17(14,15)10-5-4-9(7-12)16-10/h4-5,7-8,11,13H,2-3,6H2,1H3. The van der Waals surface area contributed by atoms with Gasteiger partial charge in [-0.1, -0.05) is 0 Å². The van der Waals surface area contributed by atoms with Crippen LogP contribution in [0, 0.1) is 0 Å². The van der Waals surface area contributed by atoms with Gasteiger partial charge >= 0.3 is 0 Å². The van der Waals surface area contributed by atoms with Crippen LogP contribution < -0.4 is 4.72 Å². The van der Waals surface area contributed by atoms with E-state index in [1.807, 2.05) is 0 Å². The van der Waals surface area contributed by atoms with Gasteiger partial charge < -0.3 is 9.52 Å². The summed E-state index contributed by atoms with van der Waals surface area (Å²) >= 11 is 0. The molecule has 1 aromatic rings. The second kappa shape index (κ2) is 5.95. The summed E-state index contributed by atoms with van der Waals surface area (Å²) in [5, 5.41) is 8.72. The maximum absolute atomic E-state index is 11.6. The van der Waals surface area contributed by atoms with Crippen molar-refractivity contribution in [2.24, 2.45) is 0 Å². The molecule has 0 spiro atoms. The zero-order valence-electron chi connectivity index (χ0n) is 9.42. The number of rotatable bonds is 7. The molecule has 1 atom stereocenters. The molecule has 0 saturated carbocycles. The Labute approximate surface area is 99.7 Å². The molecule has 17 heavy (non-hydrogen) atoms. The lowest BCUT2D eigenvalue weighted by Gasteiger charge is -2.05. The molecule has 0 aliphatic carbocycles. The molecule has 0 bridgehead atoms. The van der Waals surface area contributed by atoms with Gasteiger partial charge in [-0.05, 0) is 31.9 Å². The van der Waals surface area contributed by atoms with Gasteiger partial charge in [0.15, 0.2) is 12.0 Å². The summed E-state index contributed by atoms with van der Waals surface area (Å²) in [4.78, 5) is 10.3. The average Bonchev–Trinajstić information content (AvgIpc) is 2.73. The maximum Gasteiger partial charge on any atom is 0.273 e. The fraction of sp³-hybridized carbons (Fsp3) is 0.500. The van der Waals surface area contributed by atoms with E-state index in [0.717, 1.165) is 0 Å². The Morgan fingerprint density at radius 1 is 1.53 bits per heavy atom. The second-order valence-electron chi connectivity index (χ2n) is 3.66. The largest absolute Gasteiger partial charge is 0.440 e. The number of aliphatic hydroxyl groups excluding tert-OH is 1. The third-order valence-electron chi connectivity index (χ3n) is 2.07. The summed E-state index contributed by atoms with van der Waals surface area (Å²) in [6, 6.07) is 2.51. The van der Waals surface area contributed by atoms with E-state index < -0.39 is 16.1 Å². The zero-order chi connectivity index (χ0) is 12.9. The van der Waals surface area contributed by atoms with Crippen molar-refractivity contribution in [2.75, 3.05) is 6.54 Å². The number of nitrogens with one attached hydrogen (secondary N) is 1. The van der Waals surface area contributed by atoms with Crippen molar-refractivity contribution in [1.82, 2.24) is 4.72 Å². The molecular formula is C10H15NO5S. The predicted octanol–water partition coefficient (Wildman–Crippen LogP) is 0.531. The van der Waals surface area contributed by atoms with Crippen LogP contribution in [0.15, 0.2) is 21.6 Å². The van der Waals surface area contributed by atoms with E-state index >= 15 is 0 Å². The lowest BCUT2D eigenvalue weighted by Crippen LogP contribution is -2.25. The fourth-order valence-corrected chi connectivity index (χ4v) is 2.23.